The molecule has 0 heterocycles. The van der Waals surface area contributed by atoms with Crippen molar-refractivity contribution >= 4 is 37.6 Å². The van der Waals surface area contributed by atoms with Crippen LogP contribution >= 0.6 is 27.5 Å². The molecule has 0 unspecified atom stereocenters. The van der Waals surface area contributed by atoms with E-state index in [9.17, 15) is 13.5 Å². The van der Waals surface area contributed by atoms with Crippen molar-refractivity contribution < 1.29 is 13.5 Å². The molecule has 0 aromatic heterocycles. The molecule has 7 heteroatoms. The fraction of sp³-hybridized carbons (Fsp3) is 0.100. The molecule has 0 amide bonds. The highest BCUT2D eigenvalue weighted by Crippen LogP contribution is 2.24. The topological polar surface area (TPSA) is 66.4 Å². The number of aliphatic hydroxyl groups is 1. The van der Waals surface area contributed by atoms with Crippen LogP contribution in [0.3, 0.4) is 0 Å². The maximum atomic E-state index is 12.6. The van der Waals surface area contributed by atoms with Gasteiger partial charge in [-0.1, -0.05) is 70.5 Å². The zero-order chi connectivity index (χ0) is 20.0. The highest BCUT2D eigenvalue weighted by Gasteiger charge is 2.17. The highest BCUT2D eigenvalue weighted by atomic mass is 79.9. The van der Waals surface area contributed by atoms with Gasteiger partial charge in [-0.3, -0.25) is 4.72 Å². The van der Waals surface area contributed by atoms with Gasteiger partial charge in [0, 0.05) is 4.47 Å². The predicted octanol–water partition coefficient (Wildman–Crippen LogP) is 4.97. The van der Waals surface area contributed by atoms with E-state index in [-0.39, 0.29) is 22.2 Å². The Labute approximate surface area is 173 Å². The van der Waals surface area contributed by atoms with Crippen molar-refractivity contribution in [2.24, 2.45) is 0 Å². The van der Waals surface area contributed by atoms with Crippen LogP contribution in [-0.2, 0) is 10.0 Å². The molecule has 27 heavy (non-hydrogen) atoms. The van der Waals surface area contributed by atoms with E-state index in [1.54, 1.807) is 31.2 Å². The van der Waals surface area contributed by atoms with E-state index in [1.165, 1.54) is 12.1 Å². The first-order valence-corrected chi connectivity index (χ1v) is 10.6. The van der Waals surface area contributed by atoms with Gasteiger partial charge in [-0.15, -0.1) is 0 Å². The zero-order valence-corrected chi connectivity index (χ0v) is 17.8. The van der Waals surface area contributed by atoms with Crippen LogP contribution in [0.5, 0.6) is 0 Å². The average Bonchev–Trinajstić information content (AvgIpc) is 2.66. The summed E-state index contributed by atoms with van der Waals surface area (Å²) >= 11 is 9.51. The smallest absolute Gasteiger partial charge is 0.261 e. The van der Waals surface area contributed by atoms with E-state index in [0.717, 1.165) is 15.6 Å². The third kappa shape index (κ3) is 5.56. The summed E-state index contributed by atoms with van der Waals surface area (Å²) in [5.74, 6) is 0. The number of aliphatic hydroxyl groups excluding tert-OH is 1. The fourth-order valence-electron chi connectivity index (χ4n) is 2.33. The van der Waals surface area contributed by atoms with Crippen LogP contribution in [0.1, 0.15) is 6.92 Å². The minimum Gasteiger partial charge on any atom is -0.392 e. The molecule has 0 spiro atoms. The molecule has 0 bridgehead atoms. The molecule has 0 fully saturated rings. The Kier molecular flexibility index (Phi) is 7.44. The summed E-state index contributed by atoms with van der Waals surface area (Å²) in [5, 5.41) is 9.39. The maximum Gasteiger partial charge on any atom is 0.261 e. The van der Waals surface area contributed by atoms with E-state index in [4.69, 9.17) is 11.6 Å². The summed E-state index contributed by atoms with van der Waals surface area (Å²) in [4.78, 5) is 0.0885. The van der Waals surface area contributed by atoms with E-state index >= 15 is 0 Å². The van der Waals surface area contributed by atoms with Gasteiger partial charge < -0.3 is 5.11 Å². The van der Waals surface area contributed by atoms with E-state index < -0.39 is 10.0 Å². The van der Waals surface area contributed by atoms with Gasteiger partial charge in [-0.25, -0.2) is 8.42 Å². The summed E-state index contributed by atoms with van der Waals surface area (Å²) < 4.78 is 28.5. The van der Waals surface area contributed by atoms with Crippen LogP contribution in [0.15, 0.2) is 92.9 Å². The van der Waals surface area contributed by atoms with Gasteiger partial charge in [0.15, 0.2) is 0 Å². The molecule has 2 aromatic carbocycles. The second-order valence-corrected chi connectivity index (χ2v) is 8.59. The third-order valence-corrected chi connectivity index (χ3v) is 6.09. The van der Waals surface area contributed by atoms with Crippen molar-refractivity contribution in [2.45, 2.75) is 11.8 Å². The lowest BCUT2D eigenvalue weighted by Crippen LogP contribution is -2.23. The SMILES string of the molecule is C=C(NS(=O)(=O)c1ccc(-c2ccc(Br)cc2)cc1)/C(Cl)=C(\C=C/C)CO. The Hall–Kier alpha value is -1.86. The molecular weight excluding hydrogens is 450 g/mol. The van der Waals surface area contributed by atoms with Crippen molar-refractivity contribution in [1.82, 2.24) is 4.72 Å². The number of hydrogen-bond donors (Lipinski definition) is 2. The van der Waals surface area contributed by atoms with Gasteiger partial charge in [0.05, 0.1) is 22.2 Å². The van der Waals surface area contributed by atoms with Crippen LogP contribution in [-0.4, -0.2) is 20.1 Å². The fourth-order valence-corrected chi connectivity index (χ4v) is 3.85. The van der Waals surface area contributed by atoms with Crippen LogP contribution < -0.4 is 4.72 Å². The predicted molar refractivity (Wildman–Crippen MR) is 114 cm³/mol. The van der Waals surface area contributed by atoms with Crippen molar-refractivity contribution in [3.63, 3.8) is 0 Å². The number of benzene rings is 2. The number of sulfonamides is 1. The van der Waals surface area contributed by atoms with Gasteiger partial charge in [-0.2, -0.15) is 0 Å². The summed E-state index contributed by atoms with van der Waals surface area (Å²) in [7, 11) is -3.85. The summed E-state index contributed by atoms with van der Waals surface area (Å²) in [6.07, 6.45) is 3.28. The van der Waals surface area contributed by atoms with Gasteiger partial charge in [0.1, 0.15) is 0 Å². The highest BCUT2D eigenvalue weighted by molar-refractivity contribution is 9.10. The first kappa shape index (κ1) is 21.4. The van der Waals surface area contributed by atoms with E-state index in [0.29, 0.717) is 5.57 Å². The lowest BCUT2D eigenvalue weighted by Gasteiger charge is -2.12. The summed E-state index contributed by atoms with van der Waals surface area (Å²) in [5.41, 5.74) is 2.24. The second-order valence-electron chi connectivity index (χ2n) is 5.61. The van der Waals surface area contributed by atoms with E-state index in [2.05, 4.69) is 27.2 Å². The molecule has 2 aromatic rings. The van der Waals surface area contributed by atoms with Gasteiger partial charge in [-0.05, 0) is 47.9 Å². The quantitative estimate of drug-likeness (QED) is 0.564. The Balaban J connectivity index is 2.24. The monoisotopic (exact) mass is 467 g/mol. The van der Waals surface area contributed by atoms with Gasteiger partial charge in [0.25, 0.3) is 10.0 Å². The largest absolute Gasteiger partial charge is 0.392 e. The molecule has 0 saturated heterocycles. The molecule has 2 rings (SSSR count). The standard InChI is InChI=1S/C20H19BrClNO3S/c1-3-4-17(13-24)20(22)14(2)23-27(25,26)19-11-7-16(8-12-19)15-5-9-18(21)10-6-15/h3-12,23-24H,2,13H2,1H3/b4-3-,20-17-. The Bertz CT molecular complexity index is 979. The minimum atomic E-state index is -3.85. The molecule has 2 N–H and O–H groups in total. The molecule has 0 aliphatic carbocycles. The first-order chi connectivity index (χ1) is 12.8. The Morgan fingerprint density at radius 1 is 1.15 bits per heavy atom. The van der Waals surface area contributed by atoms with Crippen LogP contribution in [0.25, 0.3) is 11.1 Å². The lowest BCUT2D eigenvalue weighted by atomic mass is 10.1. The number of rotatable bonds is 7. The Morgan fingerprint density at radius 3 is 2.15 bits per heavy atom. The molecule has 0 radical (unpaired) electrons. The number of allylic oxidation sites excluding steroid dienone is 2. The number of hydrogen-bond acceptors (Lipinski definition) is 3. The minimum absolute atomic E-state index is 0.00389. The van der Waals surface area contributed by atoms with Crippen LogP contribution in [0.2, 0.25) is 0 Å². The van der Waals surface area contributed by atoms with Crippen molar-refractivity contribution in [1.29, 1.82) is 0 Å². The van der Waals surface area contributed by atoms with Crippen molar-refractivity contribution in [2.75, 3.05) is 6.61 Å². The first-order valence-electron chi connectivity index (χ1n) is 7.98. The third-order valence-electron chi connectivity index (χ3n) is 3.68. The van der Waals surface area contributed by atoms with Gasteiger partial charge in [0.2, 0.25) is 0 Å². The molecule has 0 saturated carbocycles. The maximum absolute atomic E-state index is 12.6. The van der Waals surface area contributed by atoms with Crippen LogP contribution in [0, 0.1) is 0 Å². The van der Waals surface area contributed by atoms with Crippen LogP contribution in [0.4, 0.5) is 0 Å². The molecule has 142 valence electrons. The van der Waals surface area contributed by atoms with Crippen molar-refractivity contribution in [3.8, 4) is 11.1 Å². The normalized spacial score (nSPS) is 12.7. The molecule has 0 atom stereocenters. The number of halogens is 2. The molecule has 0 aliphatic heterocycles. The zero-order valence-electron chi connectivity index (χ0n) is 14.6. The molecule has 0 aliphatic rings. The second kappa shape index (κ2) is 9.37. The lowest BCUT2D eigenvalue weighted by molar-refractivity contribution is 0.334. The van der Waals surface area contributed by atoms with E-state index in [1.807, 2.05) is 24.3 Å². The average molecular weight is 469 g/mol. The summed E-state index contributed by atoms with van der Waals surface area (Å²) in [6.45, 7) is 5.10. The number of nitrogens with one attached hydrogen (secondary N) is 1. The van der Waals surface area contributed by atoms with Gasteiger partial charge >= 0.3 is 0 Å². The summed E-state index contributed by atoms with van der Waals surface area (Å²) in [6, 6.07) is 14.2. The molecular formula is C20H19BrClNO3S. The Morgan fingerprint density at radius 2 is 1.67 bits per heavy atom. The molecule has 4 nitrogen and oxygen atoms in total. The van der Waals surface area contributed by atoms with Crippen molar-refractivity contribution in [3.05, 3.63) is 88.0 Å².